The summed E-state index contributed by atoms with van der Waals surface area (Å²) in [5, 5.41) is -0.193. The van der Waals surface area contributed by atoms with Gasteiger partial charge in [0.2, 0.25) is 0 Å². The molecule has 1 aromatic carbocycles. The number of halogens is 3. The van der Waals surface area contributed by atoms with E-state index in [9.17, 15) is 4.39 Å². The molecule has 0 bridgehead atoms. The van der Waals surface area contributed by atoms with Gasteiger partial charge in [0.1, 0.15) is 11.6 Å². The molecule has 2 atom stereocenters. The lowest BCUT2D eigenvalue weighted by atomic mass is 9.90. The summed E-state index contributed by atoms with van der Waals surface area (Å²) in [5.41, 5.74) is 0.823. The Morgan fingerprint density at radius 2 is 1.88 bits per heavy atom. The van der Waals surface area contributed by atoms with Crippen LogP contribution in [0, 0.1) is 17.7 Å². The van der Waals surface area contributed by atoms with Crippen LogP contribution < -0.4 is 4.74 Å². The maximum absolute atomic E-state index is 13.4. The topological polar surface area (TPSA) is 9.23 Å². The third kappa shape index (κ3) is 3.35. The first-order valence-corrected chi connectivity index (χ1v) is 6.78. The molecule has 0 aromatic heterocycles. The van der Waals surface area contributed by atoms with Crippen LogP contribution in [0.2, 0.25) is 0 Å². The molecule has 0 saturated carbocycles. The Labute approximate surface area is 115 Å². The molecule has 1 aromatic rings. The van der Waals surface area contributed by atoms with Crippen molar-refractivity contribution >= 4 is 27.5 Å². The van der Waals surface area contributed by atoms with E-state index in [-0.39, 0.29) is 17.1 Å². The van der Waals surface area contributed by atoms with Gasteiger partial charge in [0.15, 0.2) is 0 Å². The molecule has 1 nitrogen and oxygen atoms in total. The molecule has 0 radical (unpaired) electrons. The third-order valence-electron chi connectivity index (χ3n) is 3.08. The van der Waals surface area contributed by atoms with E-state index in [1.165, 1.54) is 13.2 Å². The van der Waals surface area contributed by atoms with Crippen molar-refractivity contribution in [1.29, 1.82) is 0 Å². The first kappa shape index (κ1) is 14.8. The monoisotopic (exact) mass is 322 g/mol. The molecular weight excluding hydrogens is 306 g/mol. The van der Waals surface area contributed by atoms with Gasteiger partial charge in [-0.3, -0.25) is 0 Å². The smallest absolute Gasteiger partial charge is 0.141 e. The molecule has 2 unspecified atom stereocenters. The summed E-state index contributed by atoms with van der Waals surface area (Å²) in [6.45, 7) is 6.31. The van der Waals surface area contributed by atoms with Gasteiger partial charge in [-0.15, -0.1) is 11.6 Å². The molecule has 4 heteroatoms. The van der Waals surface area contributed by atoms with E-state index in [1.807, 2.05) is 0 Å². The number of ether oxygens (including phenoxy) is 1. The normalized spacial score (nSPS) is 14.8. The largest absolute Gasteiger partial charge is 0.496 e. The number of alkyl halides is 1. The molecule has 0 saturated heterocycles. The zero-order valence-corrected chi connectivity index (χ0v) is 12.8. The Morgan fingerprint density at radius 3 is 2.35 bits per heavy atom. The quantitative estimate of drug-likeness (QED) is 0.695. The molecule has 96 valence electrons. The lowest BCUT2D eigenvalue weighted by molar-refractivity contribution is 0.377. The Kier molecular flexibility index (Phi) is 5.26. The van der Waals surface area contributed by atoms with E-state index in [2.05, 4.69) is 36.7 Å². The molecule has 0 aliphatic carbocycles. The van der Waals surface area contributed by atoms with Crippen molar-refractivity contribution in [3.05, 3.63) is 28.0 Å². The van der Waals surface area contributed by atoms with Gasteiger partial charge in [0, 0.05) is 11.6 Å². The van der Waals surface area contributed by atoms with Crippen LogP contribution in [-0.4, -0.2) is 7.11 Å². The van der Waals surface area contributed by atoms with Gasteiger partial charge in [0.05, 0.1) is 17.0 Å². The molecule has 0 aliphatic heterocycles. The van der Waals surface area contributed by atoms with Gasteiger partial charge in [-0.2, -0.15) is 0 Å². The molecule has 0 amide bonds. The number of hydrogen-bond acceptors (Lipinski definition) is 1. The van der Waals surface area contributed by atoms with Crippen LogP contribution in [0.3, 0.4) is 0 Å². The summed E-state index contributed by atoms with van der Waals surface area (Å²) in [6, 6.07) is 3.06. The minimum Gasteiger partial charge on any atom is -0.496 e. The Balaban J connectivity index is 3.16. The maximum atomic E-state index is 13.4. The van der Waals surface area contributed by atoms with Gasteiger partial charge in [-0.25, -0.2) is 4.39 Å². The Hall–Kier alpha value is -0.280. The SMILES string of the molecule is COc1cc(F)c(Br)cc1C(Cl)C(C)C(C)C. The summed E-state index contributed by atoms with van der Waals surface area (Å²) in [4.78, 5) is 0. The number of methoxy groups -OCH3 is 1. The molecule has 0 aliphatic rings. The van der Waals surface area contributed by atoms with Crippen molar-refractivity contribution in [2.45, 2.75) is 26.1 Å². The predicted molar refractivity (Wildman–Crippen MR) is 73.2 cm³/mol. The maximum Gasteiger partial charge on any atom is 0.141 e. The van der Waals surface area contributed by atoms with Crippen LogP contribution in [0.5, 0.6) is 5.75 Å². The van der Waals surface area contributed by atoms with Crippen molar-refractivity contribution in [1.82, 2.24) is 0 Å². The van der Waals surface area contributed by atoms with Gasteiger partial charge in [-0.05, 0) is 33.8 Å². The standard InChI is InChI=1S/C13H17BrClFO/c1-7(2)8(3)13(15)9-5-10(14)11(16)6-12(9)17-4/h5-8,13H,1-4H3. The van der Waals surface area contributed by atoms with E-state index in [4.69, 9.17) is 16.3 Å². The van der Waals surface area contributed by atoms with Gasteiger partial charge in [-0.1, -0.05) is 20.8 Å². The highest BCUT2D eigenvalue weighted by Gasteiger charge is 2.24. The summed E-state index contributed by atoms with van der Waals surface area (Å²) in [5.74, 6) is 0.888. The Morgan fingerprint density at radius 1 is 1.29 bits per heavy atom. The highest BCUT2D eigenvalue weighted by atomic mass is 79.9. The molecule has 17 heavy (non-hydrogen) atoms. The third-order valence-corrected chi connectivity index (χ3v) is 4.32. The zero-order chi connectivity index (χ0) is 13.2. The lowest BCUT2D eigenvalue weighted by Gasteiger charge is -2.23. The van der Waals surface area contributed by atoms with Crippen LogP contribution in [0.1, 0.15) is 31.7 Å². The molecule has 0 heterocycles. The average Bonchev–Trinajstić information content (AvgIpc) is 2.29. The second kappa shape index (κ2) is 6.05. The van der Waals surface area contributed by atoms with E-state index >= 15 is 0 Å². The zero-order valence-electron chi connectivity index (χ0n) is 10.4. The van der Waals surface area contributed by atoms with Gasteiger partial charge < -0.3 is 4.74 Å². The minimum atomic E-state index is -0.341. The van der Waals surface area contributed by atoms with Crippen molar-refractivity contribution in [3.63, 3.8) is 0 Å². The van der Waals surface area contributed by atoms with Crippen molar-refractivity contribution < 1.29 is 9.13 Å². The summed E-state index contributed by atoms with van der Waals surface area (Å²) in [7, 11) is 1.52. The number of benzene rings is 1. The van der Waals surface area contributed by atoms with Crippen molar-refractivity contribution in [2.75, 3.05) is 7.11 Å². The highest BCUT2D eigenvalue weighted by molar-refractivity contribution is 9.10. The average molecular weight is 324 g/mol. The second-order valence-corrected chi connectivity index (χ2v) is 5.84. The number of hydrogen-bond donors (Lipinski definition) is 0. The highest BCUT2D eigenvalue weighted by Crippen LogP contribution is 2.40. The lowest BCUT2D eigenvalue weighted by Crippen LogP contribution is -2.12. The summed E-state index contributed by atoms with van der Waals surface area (Å²) >= 11 is 9.61. The van der Waals surface area contributed by atoms with E-state index in [0.29, 0.717) is 16.1 Å². The van der Waals surface area contributed by atoms with E-state index in [0.717, 1.165) is 5.56 Å². The first-order valence-electron chi connectivity index (χ1n) is 5.55. The molecule has 0 fully saturated rings. The van der Waals surface area contributed by atoms with Gasteiger partial charge in [0.25, 0.3) is 0 Å². The minimum absolute atomic E-state index is 0.193. The molecule has 0 spiro atoms. The first-order chi connectivity index (χ1) is 7.88. The van der Waals surface area contributed by atoms with Crippen LogP contribution >= 0.6 is 27.5 Å². The molecule has 1 rings (SSSR count). The molecular formula is C13H17BrClFO. The van der Waals surface area contributed by atoms with Crippen LogP contribution in [0.4, 0.5) is 4.39 Å². The van der Waals surface area contributed by atoms with Crippen LogP contribution in [0.15, 0.2) is 16.6 Å². The summed E-state index contributed by atoms with van der Waals surface area (Å²) in [6.07, 6.45) is 0. The summed E-state index contributed by atoms with van der Waals surface area (Å²) < 4.78 is 19.0. The van der Waals surface area contributed by atoms with Crippen LogP contribution in [0.25, 0.3) is 0 Å². The van der Waals surface area contributed by atoms with E-state index < -0.39 is 0 Å². The number of rotatable bonds is 4. The van der Waals surface area contributed by atoms with Crippen molar-refractivity contribution in [2.24, 2.45) is 11.8 Å². The fourth-order valence-corrected chi connectivity index (χ4v) is 2.38. The van der Waals surface area contributed by atoms with Crippen molar-refractivity contribution in [3.8, 4) is 5.75 Å². The van der Waals surface area contributed by atoms with E-state index in [1.54, 1.807) is 6.07 Å². The van der Waals surface area contributed by atoms with Crippen LogP contribution in [-0.2, 0) is 0 Å². The predicted octanol–water partition coefficient (Wildman–Crippen LogP) is 5.17. The fraction of sp³-hybridized carbons (Fsp3) is 0.538. The van der Waals surface area contributed by atoms with Gasteiger partial charge >= 0.3 is 0 Å². The molecule has 0 N–H and O–H groups in total. The fourth-order valence-electron chi connectivity index (χ4n) is 1.56. The second-order valence-electron chi connectivity index (χ2n) is 4.51. The Bertz CT molecular complexity index is 395.